The first-order valence-electron chi connectivity index (χ1n) is 2.44. The zero-order chi connectivity index (χ0) is 5.98. The number of rotatable bonds is 0. The van der Waals surface area contributed by atoms with Gasteiger partial charge in [-0.3, -0.25) is 0 Å². The SMILES string of the molecule is BrC1C=CC(Br)C=C1. The highest BCUT2D eigenvalue weighted by atomic mass is 79.9. The fourth-order valence-electron chi connectivity index (χ4n) is 0.553. The van der Waals surface area contributed by atoms with Crippen LogP contribution in [0, 0.1) is 0 Å². The molecule has 1 aliphatic carbocycles. The van der Waals surface area contributed by atoms with Gasteiger partial charge in [-0.15, -0.1) is 0 Å². The molecule has 0 aromatic rings. The number of halogens is 2. The first-order chi connectivity index (χ1) is 3.79. The minimum atomic E-state index is 0.441. The summed E-state index contributed by atoms with van der Waals surface area (Å²) in [6.45, 7) is 0. The monoisotopic (exact) mass is 236 g/mol. The van der Waals surface area contributed by atoms with Gasteiger partial charge in [0.15, 0.2) is 0 Å². The second-order valence-corrected chi connectivity index (χ2v) is 3.77. The number of hydrogen-bond donors (Lipinski definition) is 0. The normalized spacial score (nSPS) is 35.8. The molecular weight excluding hydrogens is 232 g/mol. The fourth-order valence-corrected chi connectivity index (χ4v) is 1.26. The average Bonchev–Trinajstić information content (AvgIpc) is 1.77. The third-order valence-corrected chi connectivity index (χ3v) is 2.18. The van der Waals surface area contributed by atoms with Gasteiger partial charge in [0.2, 0.25) is 0 Å². The lowest BCUT2D eigenvalue weighted by Gasteiger charge is -2.04. The lowest BCUT2D eigenvalue weighted by Crippen LogP contribution is -1.97. The Morgan fingerprint density at radius 3 is 1.25 bits per heavy atom. The highest BCUT2D eigenvalue weighted by Crippen LogP contribution is 2.14. The van der Waals surface area contributed by atoms with Crippen LogP contribution in [0.15, 0.2) is 24.3 Å². The van der Waals surface area contributed by atoms with Gasteiger partial charge in [0.05, 0.1) is 9.65 Å². The standard InChI is InChI=1S/C6H6Br2/c7-5-1-2-6(8)4-3-5/h1-6H. The van der Waals surface area contributed by atoms with Crippen molar-refractivity contribution in [2.45, 2.75) is 9.65 Å². The summed E-state index contributed by atoms with van der Waals surface area (Å²) in [7, 11) is 0. The number of alkyl halides is 2. The summed E-state index contributed by atoms with van der Waals surface area (Å²) in [5.41, 5.74) is 0. The Labute approximate surface area is 65.9 Å². The zero-order valence-electron chi connectivity index (χ0n) is 4.22. The molecule has 0 saturated carbocycles. The van der Waals surface area contributed by atoms with Crippen molar-refractivity contribution in [3.63, 3.8) is 0 Å². The quantitative estimate of drug-likeness (QED) is 0.449. The maximum absolute atomic E-state index is 3.42. The minimum absolute atomic E-state index is 0.441. The Hall–Kier alpha value is 0.440. The van der Waals surface area contributed by atoms with Gasteiger partial charge in [0, 0.05) is 0 Å². The molecule has 0 spiro atoms. The van der Waals surface area contributed by atoms with E-state index >= 15 is 0 Å². The molecule has 0 nitrogen and oxygen atoms in total. The zero-order valence-corrected chi connectivity index (χ0v) is 7.39. The Kier molecular flexibility index (Phi) is 2.32. The predicted molar refractivity (Wildman–Crippen MR) is 43.7 cm³/mol. The second-order valence-electron chi connectivity index (χ2n) is 1.66. The van der Waals surface area contributed by atoms with Gasteiger partial charge in [-0.05, 0) is 0 Å². The molecule has 0 N–H and O–H groups in total. The van der Waals surface area contributed by atoms with Crippen LogP contribution in [0.25, 0.3) is 0 Å². The van der Waals surface area contributed by atoms with Crippen molar-refractivity contribution in [1.29, 1.82) is 0 Å². The molecule has 8 heavy (non-hydrogen) atoms. The smallest absolute Gasteiger partial charge is 0.0506 e. The summed E-state index contributed by atoms with van der Waals surface area (Å²) in [5, 5.41) is 0. The number of hydrogen-bond acceptors (Lipinski definition) is 0. The molecule has 0 bridgehead atoms. The highest BCUT2D eigenvalue weighted by Gasteiger charge is 2.00. The number of allylic oxidation sites excluding steroid dienone is 4. The summed E-state index contributed by atoms with van der Waals surface area (Å²) in [6, 6.07) is 0. The van der Waals surface area contributed by atoms with E-state index in [4.69, 9.17) is 0 Å². The molecule has 0 radical (unpaired) electrons. The van der Waals surface area contributed by atoms with Crippen LogP contribution in [0.2, 0.25) is 0 Å². The van der Waals surface area contributed by atoms with Gasteiger partial charge < -0.3 is 0 Å². The summed E-state index contributed by atoms with van der Waals surface area (Å²) in [4.78, 5) is 0.882. The Bertz CT molecular complexity index is 98.5. The van der Waals surface area contributed by atoms with E-state index in [2.05, 4.69) is 56.2 Å². The molecule has 0 amide bonds. The third kappa shape index (κ3) is 1.75. The van der Waals surface area contributed by atoms with Crippen LogP contribution >= 0.6 is 31.9 Å². The van der Waals surface area contributed by atoms with E-state index in [1.165, 1.54) is 0 Å². The molecule has 0 heterocycles. The van der Waals surface area contributed by atoms with Crippen molar-refractivity contribution in [1.82, 2.24) is 0 Å². The van der Waals surface area contributed by atoms with Crippen LogP contribution in [0.4, 0.5) is 0 Å². The van der Waals surface area contributed by atoms with Crippen molar-refractivity contribution in [2.75, 3.05) is 0 Å². The van der Waals surface area contributed by atoms with Crippen LogP contribution in [-0.4, -0.2) is 9.65 Å². The maximum atomic E-state index is 3.42. The molecule has 0 unspecified atom stereocenters. The van der Waals surface area contributed by atoms with Gasteiger partial charge in [-0.25, -0.2) is 0 Å². The van der Waals surface area contributed by atoms with Gasteiger partial charge in [0.1, 0.15) is 0 Å². The second kappa shape index (κ2) is 2.83. The van der Waals surface area contributed by atoms with Crippen molar-refractivity contribution < 1.29 is 0 Å². The van der Waals surface area contributed by atoms with Crippen LogP contribution in [-0.2, 0) is 0 Å². The third-order valence-electron chi connectivity index (χ3n) is 0.958. The molecular formula is C6H6Br2. The van der Waals surface area contributed by atoms with Crippen molar-refractivity contribution in [2.24, 2.45) is 0 Å². The minimum Gasteiger partial charge on any atom is -0.0800 e. The molecule has 0 aliphatic heterocycles. The lowest BCUT2D eigenvalue weighted by molar-refractivity contribution is 1.29. The summed E-state index contributed by atoms with van der Waals surface area (Å²) in [6.07, 6.45) is 8.44. The van der Waals surface area contributed by atoms with Crippen molar-refractivity contribution in [3.05, 3.63) is 24.3 Å². The molecule has 0 aromatic heterocycles. The maximum Gasteiger partial charge on any atom is 0.0506 e. The molecule has 44 valence electrons. The van der Waals surface area contributed by atoms with Gasteiger partial charge in [-0.1, -0.05) is 56.2 Å². The molecule has 2 heteroatoms. The van der Waals surface area contributed by atoms with Crippen molar-refractivity contribution in [3.8, 4) is 0 Å². The fraction of sp³-hybridized carbons (Fsp3) is 0.333. The molecule has 1 aliphatic rings. The van der Waals surface area contributed by atoms with Crippen LogP contribution in [0.5, 0.6) is 0 Å². The van der Waals surface area contributed by atoms with Gasteiger partial charge in [-0.2, -0.15) is 0 Å². The van der Waals surface area contributed by atoms with Gasteiger partial charge in [0.25, 0.3) is 0 Å². The average molecular weight is 238 g/mol. The van der Waals surface area contributed by atoms with E-state index < -0.39 is 0 Å². The Balaban J connectivity index is 2.54. The molecule has 0 atom stereocenters. The Morgan fingerprint density at radius 2 is 1.00 bits per heavy atom. The molecule has 0 fully saturated rings. The summed E-state index contributed by atoms with van der Waals surface area (Å²) in [5.74, 6) is 0. The first kappa shape index (κ1) is 6.56. The van der Waals surface area contributed by atoms with E-state index in [9.17, 15) is 0 Å². The van der Waals surface area contributed by atoms with Gasteiger partial charge >= 0.3 is 0 Å². The van der Waals surface area contributed by atoms with Crippen LogP contribution in [0.1, 0.15) is 0 Å². The van der Waals surface area contributed by atoms with E-state index in [0.29, 0.717) is 9.65 Å². The molecule has 0 aromatic carbocycles. The van der Waals surface area contributed by atoms with E-state index in [0.717, 1.165) is 0 Å². The molecule has 1 rings (SSSR count). The molecule has 0 saturated heterocycles. The Morgan fingerprint density at radius 1 is 0.750 bits per heavy atom. The van der Waals surface area contributed by atoms with Crippen LogP contribution in [0.3, 0.4) is 0 Å². The predicted octanol–water partition coefficient (Wildman–Crippen LogP) is 2.64. The van der Waals surface area contributed by atoms with E-state index in [-0.39, 0.29) is 0 Å². The summed E-state index contributed by atoms with van der Waals surface area (Å²) >= 11 is 6.84. The van der Waals surface area contributed by atoms with Crippen molar-refractivity contribution >= 4 is 31.9 Å². The van der Waals surface area contributed by atoms with E-state index in [1.54, 1.807) is 0 Å². The van der Waals surface area contributed by atoms with Crippen LogP contribution < -0.4 is 0 Å². The largest absolute Gasteiger partial charge is 0.0800 e. The summed E-state index contributed by atoms with van der Waals surface area (Å²) < 4.78 is 0. The topological polar surface area (TPSA) is 0 Å². The lowest BCUT2D eigenvalue weighted by atomic mass is 10.2. The van der Waals surface area contributed by atoms with E-state index in [1.807, 2.05) is 0 Å². The highest BCUT2D eigenvalue weighted by molar-refractivity contribution is 9.10. The first-order valence-corrected chi connectivity index (χ1v) is 4.27.